The smallest absolute Gasteiger partial charge is 0.408 e. The lowest BCUT2D eigenvalue weighted by Gasteiger charge is -2.44. The van der Waals surface area contributed by atoms with Crippen molar-refractivity contribution in [3.63, 3.8) is 0 Å². The topological polar surface area (TPSA) is 148 Å². The molecule has 2 aliphatic rings. The number of rotatable bonds is 14. The highest BCUT2D eigenvalue weighted by Gasteiger charge is 2.54. The number of nitrogens with zero attached hydrogens (tertiary/aromatic N) is 1. The summed E-state index contributed by atoms with van der Waals surface area (Å²) in [5.41, 5.74) is 0.0471. The molecule has 2 aromatic carbocycles. The Balaban J connectivity index is 1.79. The van der Waals surface area contributed by atoms with E-state index in [2.05, 4.69) is 16.0 Å². The Hall–Kier alpha value is -3.77. The maximum absolute atomic E-state index is 16.8. The molecular weight excluding hydrogens is 634 g/mol. The minimum atomic E-state index is -3.75. The van der Waals surface area contributed by atoms with Gasteiger partial charge in [0.1, 0.15) is 12.1 Å². The first-order chi connectivity index (χ1) is 22.4. The number of carboxylic acid groups (broad SMARTS) is 1. The van der Waals surface area contributed by atoms with Crippen molar-refractivity contribution in [1.29, 1.82) is 0 Å². The SMILES string of the molecule is CCNC(=O)C(O)[C@H](C[C@@H]1CCNC1=O)NC(=O)[C@H](Cc1ccccc1)N(C(=O)O)C(C1CCCCC1)C(F)(F)c1cccc(Cl)c1. The van der Waals surface area contributed by atoms with Gasteiger partial charge in [0.15, 0.2) is 6.10 Å². The quantitative estimate of drug-likeness (QED) is 0.199. The Kier molecular flexibility index (Phi) is 12.6. The van der Waals surface area contributed by atoms with E-state index >= 15 is 8.78 Å². The van der Waals surface area contributed by atoms with E-state index in [0.717, 1.165) is 12.5 Å². The third-order valence-electron chi connectivity index (χ3n) is 9.14. The number of likely N-dealkylation sites (N-methyl/N-ethyl adjacent to an activating group) is 1. The molecular formula is C34H43ClF2N4O6. The Morgan fingerprint density at radius 2 is 1.74 bits per heavy atom. The molecule has 1 aliphatic heterocycles. The average molecular weight is 677 g/mol. The van der Waals surface area contributed by atoms with Gasteiger partial charge in [-0.1, -0.05) is 73.3 Å². The summed E-state index contributed by atoms with van der Waals surface area (Å²) in [6.45, 7) is 2.22. The molecule has 5 atom stereocenters. The van der Waals surface area contributed by atoms with Crippen molar-refractivity contribution in [1.82, 2.24) is 20.9 Å². The molecule has 1 aliphatic carbocycles. The standard InChI is InChI=1S/C34H43ClF2N4O6/c1-2-38-32(45)28(42)26(19-23-16-17-39-30(23)43)40-31(44)27(18-21-10-5-3-6-11-21)41(33(46)47)29(22-12-7-4-8-13-22)34(36,37)24-14-9-15-25(35)20-24/h3,5-6,9-11,14-15,20,22-23,26-29,42H,2,4,7-8,12-13,16-19H2,1H3,(H,38,45)(H,39,43)(H,40,44)(H,46,47)/t23-,26-,27-,28?,29?/m0/s1. The van der Waals surface area contributed by atoms with Crippen LogP contribution in [0.25, 0.3) is 0 Å². The lowest BCUT2D eigenvalue weighted by Crippen LogP contribution is -2.63. The molecule has 4 amide bonds. The first-order valence-corrected chi connectivity index (χ1v) is 16.5. The Morgan fingerprint density at radius 1 is 1.04 bits per heavy atom. The van der Waals surface area contributed by atoms with Crippen LogP contribution in [-0.4, -0.2) is 76.2 Å². The predicted octanol–water partition coefficient (Wildman–Crippen LogP) is 4.48. The van der Waals surface area contributed by atoms with Crippen LogP contribution in [0, 0.1) is 11.8 Å². The minimum absolute atomic E-state index is 0.0585. The number of carbonyl (C=O) groups is 4. The van der Waals surface area contributed by atoms with Crippen molar-refractivity contribution < 1.29 is 38.2 Å². The number of carbonyl (C=O) groups excluding carboxylic acids is 3. The van der Waals surface area contributed by atoms with Crippen molar-refractivity contribution in [3.8, 4) is 0 Å². The summed E-state index contributed by atoms with van der Waals surface area (Å²) < 4.78 is 33.6. The highest BCUT2D eigenvalue weighted by molar-refractivity contribution is 6.30. The zero-order chi connectivity index (χ0) is 34.1. The molecule has 0 radical (unpaired) electrons. The normalized spacial score (nSPS) is 19.6. The number of benzene rings is 2. The molecule has 5 N–H and O–H groups in total. The van der Waals surface area contributed by atoms with Crippen LogP contribution in [0.4, 0.5) is 13.6 Å². The lowest BCUT2D eigenvalue weighted by atomic mass is 9.78. The van der Waals surface area contributed by atoms with Gasteiger partial charge in [-0.05, 0) is 56.2 Å². The van der Waals surface area contributed by atoms with Gasteiger partial charge in [-0.15, -0.1) is 0 Å². The number of aliphatic hydroxyl groups is 1. The summed E-state index contributed by atoms with van der Waals surface area (Å²) in [6.07, 6.45) is -0.745. The summed E-state index contributed by atoms with van der Waals surface area (Å²) in [5.74, 6) is -7.22. The second-order valence-electron chi connectivity index (χ2n) is 12.3. The van der Waals surface area contributed by atoms with Crippen LogP contribution < -0.4 is 16.0 Å². The first kappa shape index (κ1) is 36.1. The van der Waals surface area contributed by atoms with Gasteiger partial charge in [0.05, 0.1) is 6.04 Å². The third kappa shape index (κ3) is 8.98. The van der Waals surface area contributed by atoms with Gasteiger partial charge in [0.2, 0.25) is 11.8 Å². The number of aliphatic hydroxyl groups excluding tert-OH is 1. The first-order valence-electron chi connectivity index (χ1n) is 16.2. The molecule has 4 rings (SSSR count). The van der Waals surface area contributed by atoms with Crippen LogP contribution >= 0.6 is 11.6 Å². The molecule has 0 aromatic heterocycles. The van der Waals surface area contributed by atoms with Crippen molar-refractivity contribution in [2.45, 2.75) is 88.4 Å². The largest absolute Gasteiger partial charge is 0.465 e. The molecule has 10 nitrogen and oxygen atoms in total. The van der Waals surface area contributed by atoms with Crippen LogP contribution in [-0.2, 0) is 26.7 Å². The lowest BCUT2D eigenvalue weighted by molar-refractivity contribution is -0.142. The van der Waals surface area contributed by atoms with Crippen LogP contribution in [0.15, 0.2) is 54.6 Å². The number of nitrogens with one attached hydrogen (secondary N) is 3. The van der Waals surface area contributed by atoms with E-state index in [4.69, 9.17) is 11.6 Å². The summed E-state index contributed by atoms with van der Waals surface area (Å²) in [6, 6.07) is 8.62. The fourth-order valence-electron chi connectivity index (χ4n) is 6.80. The van der Waals surface area contributed by atoms with Crippen molar-refractivity contribution in [3.05, 3.63) is 70.7 Å². The van der Waals surface area contributed by atoms with Gasteiger partial charge in [0, 0.05) is 36.0 Å². The van der Waals surface area contributed by atoms with Crippen LogP contribution in [0.3, 0.4) is 0 Å². The Morgan fingerprint density at radius 3 is 2.34 bits per heavy atom. The highest BCUT2D eigenvalue weighted by atomic mass is 35.5. The molecule has 1 saturated carbocycles. The van der Waals surface area contributed by atoms with E-state index in [1.807, 2.05) is 0 Å². The van der Waals surface area contributed by atoms with Crippen LogP contribution in [0.2, 0.25) is 5.02 Å². The molecule has 1 heterocycles. The fourth-order valence-corrected chi connectivity index (χ4v) is 6.99. The van der Waals surface area contributed by atoms with E-state index in [1.54, 1.807) is 37.3 Å². The maximum Gasteiger partial charge on any atom is 0.408 e. The molecule has 0 bridgehead atoms. The third-order valence-corrected chi connectivity index (χ3v) is 9.37. The highest BCUT2D eigenvalue weighted by Crippen LogP contribution is 2.44. The van der Waals surface area contributed by atoms with E-state index in [-0.39, 0.29) is 30.3 Å². The fraction of sp³-hybridized carbons (Fsp3) is 0.529. The van der Waals surface area contributed by atoms with Crippen LogP contribution in [0.5, 0.6) is 0 Å². The monoisotopic (exact) mass is 676 g/mol. The van der Waals surface area contributed by atoms with Crippen molar-refractivity contribution in [2.24, 2.45) is 11.8 Å². The molecule has 47 heavy (non-hydrogen) atoms. The van der Waals surface area contributed by atoms with E-state index in [9.17, 15) is 29.4 Å². The van der Waals surface area contributed by atoms with Gasteiger partial charge < -0.3 is 26.2 Å². The summed E-state index contributed by atoms with van der Waals surface area (Å²) >= 11 is 6.11. The number of amides is 4. The number of alkyl halides is 2. The van der Waals surface area contributed by atoms with Gasteiger partial charge in [-0.3, -0.25) is 19.3 Å². The van der Waals surface area contributed by atoms with E-state index in [0.29, 0.717) is 49.1 Å². The van der Waals surface area contributed by atoms with Crippen molar-refractivity contribution in [2.75, 3.05) is 13.1 Å². The summed E-state index contributed by atoms with van der Waals surface area (Å²) in [4.78, 5) is 53.3. The molecule has 13 heteroatoms. The number of hydrogen-bond donors (Lipinski definition) is 5. The molecule has 2 unspecified atom stereocenters. The molecule has 1 saturated heterocycles. The molecule has 2 fully saturated rings. The second kappa shape index (κ2) is 16.4. The van der Waals surface area contributed by atoms with E-state index < -0.39 is 65.5 Å². The van der Waals surface area contributed by atoms with Gasteiger partial charge in [-0.25, -0.2) is 4.79 Å². The second-order valence-corrected chi connectivity index (χ2v) is 12.8. The predicted molar refractivity (Wildman–Crippen MR) is 172 cm³/mol. The minimum Gasteiger partial charge on any atom is -0.465 e. The van der Waals surface area contributed by atoms with Crippen LogP contribution in [0.1, 0.15) is 63.0 Å². The van der Waals surface area contributed by atoms with Gasteiger partial charge in [0.25, 0.3) is 11.8 Å². The van der Waals surface area contributed by atoms with Gasteiger partial charge >= 0.3 is 6.09 Å². The van der Waals surface area contributed by atoms with Gasteiger partial charge in [-0.2, -0.15) is 8.78 Å². The summed E-state index contributed by atoms with van der Waals surface area (Å²) in [7, 11) is 0. The Labute approximate surface area is 278 Å². The average Bonchev–Trinajstić information content (AvgIpc) is 3.46. The molecule has 256 valence electrons. The zero-order valence-corrected chi connectivity index (χ0v) is 27.1. The summed E-state index contributed by atoms with van der Waals surface area (Å²) in [5, 5.41) is 29.6. The van der Waals surface area contributed by atoms with Crippen molar-refractivity contribution >= 4 is 35.4 Å². The molecule has 0 spiro atoms. The number of hydrogen-bond acceptors (Lipinski definition) is 5. The molecule has 2 aromatic rings. The maximum atomic E-state index is 16.8. The zero-order valence-electron chi connectivity index (χ0n) is 26.3. The number of halogens is 3. The van der Waals surface area contributed by atoms with E-state index in [1.165, 1.54) is 18.2 Å². The Bertz CT molecular complexity index is 1390.